The van der Waals surface area contributed by atoms with Gasteiger partial charge in [-0.3, -0.25) is 4.79 Å². The lowest BCUT2D eigenvalue weighted by Crippen LogP contribution is -2.49. The van der Waals surface area contributed by atoms with Gasteiger partial charge in [-0.2, -0.15) is 5.26 Å². The summed E-state index contributed by atoms with van der Waals surface area (Å²) in [6.07, 6.45) is 0. The Balaban J connectivity index is 1.96. The van der Waals surface area contributed by atoms with Crippen molar-refractivity contribution in [3.8, 4) is 11.8 Å². The molecule has 3 aromatic rings. The number of carbonyl (C=O) groups is 1. The van der Waals surface area contributed by atoms with E-state index in [-0.39, 0.29) is 28.7 Å². The molecule has 2 aliphatic heterocycles. The van der Waals surface area contributed by atoms with Crippen molar-refractivity contribution in [3.05, 3.63) is 81.5 Å². The number of rotatable bonds is 2. The first kappa shape index (κ1) is 18.9. The lowest BCUT2D eigenvalue weighted by molar-refractivity contribution is -0.121. The Bertz CT molecular complexity index is 1400. The van der Waals surface area contributed by atoms with Crippen LogP contribution in [0.1, 0.15) is 25.0 Å². The number of fused-ring (bicyclic) bond motifs is 6. The number of hydrogen-bond acceptors (Lipinski definition) is 6. The Morgan fingerprint density at radius 2 is 1.84 bits per heavy atom. The van der Waals surface area contributed by atoms with E-state index in [1.807, 2.05) is 32.0 Å². The van der Waals surface area contributed by atoms with E-state index in [2.05, 4.69) is 0 Å². The summed E-state index contributed by atoms with van der Waals surface area (Å²) in [6, 6.07) is 16.1. The van der Waals surface area contributed by atoms with Crippen LogP contribution < -0.4 is 21.0 Å². The van der Waals surface area contributed by atoms with E-state index in [0.29, 0.717) is 28.8 Å². The van der Waals surface area contributed by atoms with Gasteiger partial charge in [-0.15, -0.1) is 0 Å². The Morgan fingerprint density at radius 1 is 1.13 bits per heavy atom. The van der Waals surface area contributed by atoms with Gasteiger partial charge in [0.25, 0.3) is 0 Å². The van der Waals surface area contributed by atoms with E-state index in [1.165, 1.54) is 0 Å². The van der Waals surface area contributed by atoms with Crippen LogP contribution in [0.25, 0.3) is 11.0 Å². The van der Waals surface area contributed by atoms with E-state index < -0.39 is 16.9 Å². The maximum absolute atomic E-state index is 14.1. The number of para-hydroxylation sites is 2. The highest BCUT2D eigenvalue weighted by Crippen LogP contribution is 2.55. The third-order valence-electron chi connectivity index (χ3n) is 5.80. The Hall–Kier alpha value is -4.05. The molecule has 0 saturated heterocycles. The summed E-state index contributed by atoms with van der Waals surface area (Å²) in [6.45, 7) is 4.41. The number of carbonyl (C=O) groups excluding carboxylic acids is 1. The molecule has 1 aromatic heterocycles. The molecule has 1 spiro atoms. The molecular formula is C24H19N3O4. The third-order valence-corrected chi connectivity index (χ3v) is 5.80. The van der Waals surface area contributed by atoms with E-state index in [1.54, 1.807) is 41.3 Å². The number of hydrogen-bond donors (Lipinski definition) is 1. The molecule has 0 bridgehead atoms. The van der Waals surface area contributed by atoms with Crippen LogP contribution in [0.2, 0.25) is 0 Å². The van der Waals surface area contributed by atoms with E-state index in [4.69, 9.17) is 14.9 Å². The Morgan fingerprint density at radius 3 is 2.58 bits per heavy atom. The standard InChI is InChI=1S/C24H19N3O4/c1-13(2)12-27-17-9-5-4-8-15(17)24(23(27)29)16(11-25)21(26)31-20-14-7-3-6-10-18(14)30-22(28)19(20)24/h3-10,13H,12,26H2,1-2H3/t24-/m1/s1. The second-order valence-electron chi connectivity index (χ2n) is 8.12. The first-order valence-electron chi connectivity index (χ1n) is 9.97. The fraction of sp³-hybridized carbons (Fsp3) is 0.208. The summed E-state index contributed by atoms with van der Waals surface area (Å²) in [5, 5.41) is 10.6. The molecule has 0 saturated carbocycles. The largest absolute Gasteiger partial charge is 0.439 e. The summed E-state index contributed by atoms with van der Waals surface area (Å²) in [5.74, 6) is -0.293. The maximum atomic E-state index is 14.1. The van der Waals surface area contributed by atoms with Crippen molar-refractivity contribution in [2.75, 3.05) is 11.4 Å². The van der Waals surface area contributed by atoms with Crippen LogP contribution >= 0.6 is 0 Å². The van der Waals surface area contributed by atoms with Gasteiger partial charge in [0.05, 0.1) is 5.39 Å². The number of amides is 1. The SMILES string of the molecule is CC(C)CN1C(=O)[C@@]2(C(C#N)=C(N)Oc3c2c(=O)oc2ccccc32)c2ccccc21. The molecule has 7 heteroatoms. The molecule has 3 heterocycles. The number of anilines is 1. The molecular weight excluding hydrogens is 394 g/mol. The van der Waals surface area contributed by atoms with Crippen molar-refractivity contribution in [1.82, 2.24) is 0 Å². The molecule has 2 aliphatic rings. The van der Waals surface area contributed by atoms with Gasteiger partial charge < -0.3 is 19.8 Å². The first-order valence-corrected chi connectivity index (χ1v) is 9.97. The number of benzene rings is 2. The monoisotopic (exact) mass is 413 g/mol. The molecule has 0 radical (unpaired) electrons. The van der Waals surface area contributed by atoms with Crippen LogP contribution in [-0.2, 0) is 10.2 Å². The maximum Gasteiger partial charge on any atom is 0.345 e. The summed E-state index contributed by atoms with van der Waals surface area (Å²) >= 11 is 0. The zero-order valence-electron chi connectivity index (χ0n) is 17.0. The van der Waals surface area contributed by atoms with Gasteiger partial charge in [0.15, 0.2) is 11.2 Å². The molecule has 5 rings (SSSR count). The molecule has 2 aromatic carbocycles. The van der Waals surface area contributed by atoms with Crippen molar-refractivity contribution in [3.63, 3.8) is 0 Å². The highest BCUT2D eigenvalue weighted by molar-refractivity contribution is 6.14. The Kier molecular flexibility index (Phi) is 3.96. The highest BCUT2D eigenvalue weighted by atomic mass is 16.5. The van der Waals surface area contributed by atoms with Gasteiger partial charge in [0, 0.05) is 17.8 Å². The van der Waals surface area contributed by atoms with Gasteiger partial charge in [0.2, 0.25) is 11.8 Å². The second-order valence-corrected chi connectivity index (χ2v) is 8.12. The van der Waals surface area contributed by atoms with Crippen LogP contribution in [0.3, 0.4) is 0 Å². The van der Waals surface area contributed by atoms with Gasteiger partial charge in [-0.25, -0.2) is 4.79 Å². The lowest BCUT2D eigenvalue weighted by Gasteiger charge is -2.33. The van der Waals surface area contributed by atoms with E-state index in [9.17, 15) is 14.9 Å². The zero-order valence-corrected chi connectivity index (χ0v) is 17.0. The fourth-order valence-corrected chi connectivity index (χ4v) is 4.64. The molecule has 2 N–H and O–H groups in total. The highest BCUT2D eigenvalue weighted by Gasteiger charge is 2.61. The van der Waals surface area contributed by atoms with Crippen molar-refractivity contribution in [2.24, 2.45) is 11.7 Å². The topological polar surface area (TPSA) is 110 Å². The van der Waals surface area contributed by atoms with Crippen LogP contribution in [0.15, 0.2) is 69.2 Å². The number of ether oxygens (including phenoxy) is 1. The van der Waals surface area contributed by atoms with Gasteiger partial charge >= 0.3 is 5.63 Å². The van der Waals surface area contributed by atoms with Crippen LogP contribution in [0.5, 0.6) is 5.75 Å². The minimum absolute atomic E-state index is 0.0133. The van der Waals surface area contributed by atoms with Gasteiger partial charge in [-0.1, -0.05) is 44.2 Å². The predicted octanol–water partition coefficient (Wildman–Crippen LogP) is 3.17. The molecule has 31 heavy (non-hydrogen) atoms. The summed E-state index contributed by atoms with van der Waals surface area (Å²) in [7, 11) is 0. The molecule has 1 amide bonds. The lowest BCUT2D eigenvalue weighted by atomic mass is 9.69. The fourth-order valence-electron chi connectivity index (χ4n) is 4.64. The number of nitrogens with two attached hydrogens (primary N) is 1. The second kappa shape index (κ2) is 6.47. The minimum atomic E-state index is -1.72. The zero-order chi connectivity index (χ0) is 21.9. The number of nitrogens with zero attached hydrogens (tertiary/aromatic N) is 2. The van der Waals surface area contributed by atoms with Gasteiger partial charge in [0.1, 0.15) is 22.8 Å². The molecule has 1 atom stereocenters. The van der Waals surface area contributed by atoms with Crippen LogP contribution in [-0.4, -0.2) is 12.5 Å². The summed E-state index contributed by atoms with van der Waals surface area (Å²) < 4.78 is 11.4. The van der Waals surface area contributed by atoms with Crippen molar-refractivity contribution >= 4 is 22.6 Å². The van der Waals surface area contributed by atoms with Gasteiger partial charge in [-0.05, 0) is 24.1 Å². The molecule has 0 unspecified atom stereocenters. The summed E-state index contributed by atoms with van der Waals surface area (Å²) in [4.78, 5) is 29.0. The van der Waals surface area contributed by atoms with Crippen molar-refractivity contribution in [1.29, 1.82) is 5.26 Å². The van der Waals surface area contributed by atoms with Crippen LogP contribution in [0.4, 0.5) is 5.69 Å². The summed E-state index contributed by atoms with van der Waals surface area (Å²) in [5.41, 5.74) is 5.10. The molecule has 7 nitrogen and oxygen atoms in total. The predicted molar refractivity (Wildman–Crippen MR) is 114 cm³/mol. The van der Waals surface area contributed by atoms with Crippen molar-refractivity contribution in [2.45, 2.75) is 19.3 Å². The average molecular weight is 413 g/mol. The van der Waals surface area contributed by atoms with Crippen molar-refractivity contribution < 1.29 is 13.9 Å². The quantitative estimate of drug-likeness (QED) is 0.646. The average Bonchev–Trinajstić information content (AvgIpc) is 2.97. The van der Waals surface area contributed by atoms with Crippen LogP contribution in [0, 0.1) is 17.2 Å². The molecule has 0 aliphatic carbocycles. The normalized spacial score (nSPS) is 19.5. The smallest absolute Gasteiger partial charge is 0.345 e. The first-order chi connectivity index (χ1) is 14.9. The van der Waals surface area contributed by atoms with E-state index >= 15 is 0 Å². The molecule has 154 valence electrons. The number of nitriles is 1. The third kappa shape index (κ3) is 2.33. The van der Waals surface area contributed by atoms with E-state index in [0.717, 1.165) is 0 Å². The Labute approximate surface area is 177 Å². The minimum Gasteiger partial charge on any atom is -0.439 e. The molecule has 0 fully saturated rings.